The highest BCUT2D eigenvalue weighted by Gasteiger charge is 2.62. The molecule has 2 aromatic rings. The predicted octanol–water partition coefficient (Wildman–Crippen LogP) is 4.29. The molecule has 4 amide bonds. The zero-order valence-electron chi connectivity index (χ0n) is 32.9. The topological polar surface area (TPSA) is 182 Å². The Labute approximate surface area is 338 Å². The second kappa shape index (κ2) is 15.3. The minimum absolute atomic E-state index is 0.0191. The summed E-state index contributed by atoms with van der Waals surface area (Å²) in [7, 11) is -3.91. The van der Waals surface area contributed by atoms with Crippen LogP contribution in [-0.4, -0.2) is 83.3 Å². The number of sulfonamides is 1. The van der Waals surface area contributed by atoms with Crippen LogP contribution in [0.5, 0.6) is 5.88 Å². The molecule has 9 atom stereocenters. The van der Waals surface area contributed by atoms with Gasteiger partial charge >= 0.3 is 6.09 Å². The fourth-order valence-corrected chi connectivity index (χ4v) is 11.9. The number of fused-ring (bicyclic) bond motifs is 6. The fourth-order valence-electron chi connectivity index (χ4n) is 10.5. The van der Waals surface area contributed by atoms with Crippen molar-refractivity contribution in [1.82, 2.24) is 24.8 Å². The lowest BCUT2D eigenvalue weighted by Crippen LogP contribution is -2.59. The van der Waals surface area contributed by atoms with Gasteiger partial charge in [-0.05, 0) is 99.3 Å². The standard InChI is InChI=1S/C43H55N5O9S/c1-2-30-22-43(30,41(52)46-58(54,55)32-17-18-32)45-38(49)34-21-31-24-47(34)40(51)37(26-9-3-4-10-26)44-42(53)57-35-16-8-13-25(35)12-7-14-27-19-29(27)23-48-36(56-31)20-28-11-5-6-15-33(28)39(48)50/h2,5-6,11,15,20,25-27,29-32,34-35,37H,1,3-4,7-10,12-14,16-19,21-24H2,(H,44,53)(H,45,49)(H,46,52)/t25-,27?,29?,30-,31-,34+,35-,37+,43-/m1/s1. The van der Waals surface area contributed by atoms with Gasteiger partial charge in [0.15, 0.2) is 5.88 Å². The van der Waals surface area contributed by atoms with Crippen molar-refractivity contribution in [2.45, 2.75) is 138 Å². The number of pyridine rings is 1. The van der Waals surface area contributed by atoms with Gasteiger partial charge in [0.25, 0.3) is 11.5 Å². The van der Waals surface area contributed by atoms with E-state index >= 15 is 0 Å². The number of carbonyl (C=O) groups is 4. The molecule has 14 nitrogen and oxygen atoms in total. The van der Waals surface area contributed by atoms with Crippen LogP contribution in [0.1, 0.15) is 96.3 Å². The molecule has 5 saturated carbocycles. The predicted molar refractivity (Wildman–Crippen MR) is 214 cm³/mol. The molecule has 58 heavy (non-hydrogen) atoms. The van der Waals surface area contributed by atoms with E-state index in [1.807, 2.05) is 30.3 Å². The van der Waals surface area contributed by atoms with Crippen molar-refractivity contribution >= 4 is 44.6 Å². The van der Waals surface area contributed by atoms with Gasteiger partial charge < -0.3 is 25.0 Å². The second-order valence-corrected chi connectivity index (χ2v) is 20.1. The summed E-state index contributed by atoms with van der Waals surface area (Å²) in [4.78, 5) is 72.4. The number of hydrogen-bond acceptors (Lipinski definition) is 9. The van der Waals surface area contributed by atoms with Gasteiger partial charge in [-0.15, -0.1) is 6.58 Å². The highest BCUT2D eigenvalue weighted by Crippen LogP contribution is 2.47. The number of carbonyl (C=O) groups excluding carboxylic acids is 4. The summed E-state index contributed by atoms with van der Waals surface area (Å²) in [5.41, 5.74) is -1.71. The summed E-state index contributed by atoms with van der Waals surface area (Å²) in [6.07, 6.45) is 11.0. The minimum Gasteiger partial charge on any atom is -0.473 e. The first-order chi connectivity index (χ1) is 27.9. The normalized spacial score (nSPS) is 34.2. The maximum atomic E-state index is 14.9. The van der Waals surface area contributed by atoms with Crippen molar-refractivity contribution in [3.8, 4) is 5.88 Å². The van der Waals surface area contributed by atoms with Gasteiger partial charge in [0.2, 0.25) is 21.8 Å². The largest absolute Gasteiger partial charge is 0.473 e. The molecule has 2 aliphatic heterocycles. The lowest BCUT2D eigenvalue weighted by molar-refractivity contribution is -0.142. The molecular formula is C43H55N5O9S. The molecule has 6 fully saturated rings. The maximum absolute atomic E-state index is 14.9. The summed E-state index contributed by atoms with van der Waals surface area (Å²) in [6, 6.07) is 7.15. The number of amides is 4. The molecule has 0 spiro atoms. The van der Waals surface area contributed by atoms with E-state index in [0.29, 0.717) is 42.5 Å². The maximum Gasteiger partial charge on any atom is 0.408 e. The Morgan fingerprint density at radius 3 is 2.33 bits per heavy atom. The average molecular weight is 818 g/mol. The van der Waals surface area contributed by atoms with Crippen LogP contribution in [0.4, 0.5) is 4.79 Å². The van der Waals surface area contributed by atoms with Crippen molar-refractivity contribution in [3.05, 3.63) is 53.3 Å². The van der Waals surface area contributed by atoms with Crippen molar-refractivity contribution < 1.29 is 37.1 Å². The summed E-state index contributed by atoms with van der Waals surface area (Å²) in [5.74, 6) is -1.21. The quantitative estimate of drug-likeness (QED) is 0.344. The first-order valence-electron chi connectivity index (χ1n) is 21.5. The molecule has 3 N–H and O–H groups in total. The van der Waals surface area contributed by atoms with Crippen molar-refractivity contribution in [2.75, 3.05) is 6.54 Å². The number of rotatable bonds is 7. The van der Waals surface area contributed by atoms with Gasteiger partial charge in [0.1, 0.15) is 29.8 Å². The third-order valence-corrected chi connectivity index (χ3v) is 16.1. The van der Waals surface area contributed by atoms with E-state index in [0.717, 1.165) is 76.0 Å². The highest BCUT2D eigenvalue weighted by molar-refractivity contribution is 7.91. The lowest BCUT2D eigenvalue weighted by Gasteiger charge is -2.32. The summed E-state index contributed by atoms with van der Waals surface area (Å²) >= 11 is 0. The Bertz CT molecular complexity index is 2170. The molecule has 1 aromatic carbocycles. The van der Waals surface area contributed by atoms with Crippen LogP contribution in [0.15, 0.2) is 47.8 Å². The van der Waals surface area contributed by atoms with E-state index in [1.165, 1.54) is 11.0 Å². The molecule has 9 rings (SSSR count). The molecule has 5 aliphatic carbocycles. The van der Waals surface area contributed by atoms with Crippen molar-refractivity contribution in [2.24, 2.45) is 29.6 Å². The van der Waals surface area contributed by atoms with Gasteiger partial charge in [0, 0.05) is 30.3 Å². The minimum atomic E-state index is -3.91. The number of hydrogen-bond donors (Lipinski definition) is 3. The van der Waals surface area contributed by atoms with Crippen LogP contribution >= 0.6 is 0 Å². The summed E-state index contributed by atoms with van der Waals surface area (Å²) in [5, 5.41) is 6.48. The van der Waals surface area contributed by atoms with Gasteiger partial charge in [-0.1, -0.05) is 50.0 Å². The van der Waals surface area contributed by atoms with E-state index in [9.17, 15) is 32.4 Å². The van der Waals surface area contributed by atoms with Gasteiger partial charge in [-0.2, -0.15) is 0 Å². The fraction of sp³-hybridized carbons (Fsp3) is 0.651. The number of alkyl carbamates (subject to hydrolysis) is 1. The van der Waals surface area contributed by atoms with Crippen LogP contribution in [0.25, 0.3) is 10.8 Å². The molecule has 1 aromatic heterocycles. The number of nitrogens with one attached hydrogen (secondary N) is 3. The first-order valence-corrected chi connectivity index (χ1v) is 23.1. The molecule has 3 heterocycles. The Kier molecular flexibility index (Phi) is 10.3. The second-order valence-electron chi connectivity index (χ2n) is 18.1. The monoisotopic (exact) mass is 817 g/mol. The highest BCUT2D eigenvalue weighted by atomic mass is 32.2. The summed E-state index contributed by atoms with van der Waals surface area (Å²) < 4.78 is 42.3. The molecule has 15 heteroatoms. The zero-order chi connectivity index (χ0) is 40.3. The Morgan fingerprint density at radius 1 is 0.862 bits per heavy atom. The molecule has 2 bridgehead atoms. The first kappa shape index (κ1) is 39.1. The van der Waals surface area contributed by atoms with Gasteiger partial charge in [0.05, 0.1) is 11.8 Å². The zero-order valence-corrected chi connectivity index (χ0v) is 33.8. The van der Waals surface area contributed by atoms with Gasteiger partial charge in [-0.3, -0.25) is 28.5 Å². The smallest absolute Gasteiger partial charge is 0.408 e. The molecule has 0 radical (unpaired) electrons. The number of nitrogens with zero attached hydrogens (tertiary/aromatic N) is 2. The third-order valence-electron chi connectivity index (χ3n) is 14.3. The van der Waals surface area contributed by atoms with Crippen LogP contribution in [0.3, 0.4) is 0 Å². The number of benzene rings is 1. The van der Waals surface area contributed by atoms with E-state index < -0.39 is 68.7 Å². The molecule has 312 valence electrons. The molecule has 2 unspecified atom stereocenters. The number of ether oxygens (including phenoxy) is 2. The number of aromatic nitrogens is 1. The van der Waals surface area contributed by atoms with E-state index in [4.69, 9.17) is 9.47 Å². The summed E-state index contributed by atoms with van der Waals surface area (Å²) in [6.45, 7) is 4.29. The molecule has 7 aliphatic rings. The van der Waals surface area contributed by atoms with Crippen LogP contribution in [-0.2, 0) is 35.7 Å². The van der Waals surface area contributed by atoms with E-state index in [2.05, 4.69) is 21.9 Å². The SMILES string of the molecule is C=C[C@@H]1C[C@]1(NC(=O)[C@@H]1C[C@@H]2CN1C(=O)[C@H](C1CCCC1)NC(=O)O[C@@H]1CCC[C@H]1CCCC1CC1Cn1c(cc3ccccc3c1=O)O2)C(=O)NS(=O)(=O)C1CC1. The average Bonchev–Trinajstić information content (AvgIpc) is 4.15. The van der Waals surface area contributed by atoms with E-state index in [-0.39, 0.29) is 42.9 Å². The van der Waals surface area contributed by atoms with Crippen molar-refractivity contribution in [1.29, 1.82) is 0 Å². The van der Waals surface area contributed by atoms with Crippen molar-refractivity contribution in [3.63, 3.8) is 0 Å². The van der Waals surface area contributed by atoms with Crippen LogP contribution in [0.2, 0.25) is 0 Å². The Hall–Kier alpha value is -4.40. The third kappa shape index (κ3) is 7.63. The Morgan fingerprint density at radius 2 is 1.59 bits per heavy atom. The lowest BCUT2D eigenvalue weighted by atomic mass is 9.96. The van der Waals surface area contributed by atoms with E-state index in [1.54, 1.807) is 4.57 Å². The molecular weight excluding hydrogens is 763 g/mol. The molecule has 1 saturated heterocycles. The van der Waals surface area contributed by atoms with Crippen LogP contribution < -0.4 is 25.7 Å². The Balaban J connectivity index is 1.06. The van der Waals surface area contributed by atoms with Crippen LogP contribution in [0, 0.1) is 29.6 Å². The van der Waals surface area contributed by atoms with Gasteiger partial charge in [-0.25, -0.2) is 13.2 Å².